The first kappa shape index (κ1) is 12.3. The molecule has 1 aliphatic heterocycles. The van der Waals surface area contributed by atoms with Gasteiger partial charge >= 0.3 is 0 Å². The van der Waals surface area contributed by atoms with Gasteiger partial charge in [0.1, 0.15) is 0 Å². The lowest BCUT2D eigenvalue weighted by Gasteiger charge is -2.20. The van der Waals surface area contributed by atoms with E-state index in [4.69, 9.17) is 10.6 Å². The van der Waals surface area contributed by atoms with Crippen molar-refractivity contribution in [2.45, 2.75) is 6.42 Å². The fourth-order valence-corrected chi connectivity index (χ4v) is 1.84. The molecule has 1 saturated heterocycles. The standard InChI is InChI=1S/C9H19N5O/c10-12-11-2-5-13-3-1-4-14(7-6-13)8-9-15/h15H,1-9H2. The highest BCUT2D eigenvalue weighted by atomic mass is 16.3. The number of rotatable bonds is 5. The van der Waals surface area contributed by atoms with Crippen LogP contribution in [0.3, 0.4) is 0 Å². The van der Waals surface area contributed by atoms with Crippen LogP contribution in [0.15, 0.2) is 5.11 Å². The van der Waals surface area contributed by atoms with Gasteiger partial charge in [0.05, 0.1) is 6.61 Å². The number of hydrogen-bond acceptors (Lipinski definition) is 4. The third-order valence-electron chi connectivity index (χ3n) is 2.68. The largest absolute Gasteiger partial charge is 0.395 e. The molecule has 0 saturated carbocycles. The molecule has 6 nitrogen and oxygen atoms in total. The second-order valence-corrected chi connectivity index (χ2v) is 3.71. The topological polar surface area (TPSA) is 75.5 Å². The first-order chi connectivity index (χ1) is 7.36. The molecule has 1 heterocycles. The summed E-state index contributed by atoms with van der Waals surface area (Å²) in [5.41, 5.74) is 8.17. The summed E-state index contributed by atoms with van der Waals surface area (Å²) >= 11 is 0. The summed E-state index contributed by atoms with van der Waals surface area (Å²) in [7, 11) is 0. The summed E-state index contributed by atoms with van der Waals surface area (Å²) in [5.74, 6) is 0. The molecule has 0 aromatic rings. The Bertz CT molecular complexity index is 217. The Morgan fingerprint density at radius 3 is 2.40 bits per heavy atom. The highest BCUT2D eigenvalue weighted by Crippen LogP contribution is 2.02. The van der Waals surface area contributed by atoms with Crippen LogP contribution in [-0.4, -0.2) is 67.3 Å². The Morgan fingerprint density at radius 1 is 1.13 bits per heavy atom. The molecule has 0 spiro atoms. The summed E-state index contributed by atoms with van der Waals surface area (Å²) in [6.07, 6.45) is 1.12. The maximum atomic E-state index is 8.84. The third kappa shape index (κ3) is 4.99. The normalized spacial score (nSPS) is 19.5. The number of aliphatic hydroxyl groups is 1. The Balaban J connectivity index is 2.22. The van der Waals surface area contributed by atoms with Crippen LogP contribution in [0.4, 0.5) is 0 Å². The van der Waals surface area contributed by atoms with E-state index in [9.17, 15) is 0 Å². The predicted molar refractivity (Wildman–Crippen MR) is 58.6 cm³/mol. The van der Waals surface area contributed by atoms with Crippen LogP contribution in [0, 0.1) is 0 Å². The highest BCUT2D eigenvalue weighted by Gasteiger charge is 2.13. The minimum Gasteiger partial charge on any atom is -0.395 e. The van der Waals surface area contributed by atoms with Gasteiger partial charge in [-0.2, -0.15) is 0 Å². The number of nitrogens with zero attached hydrogens (tertiary/aromatic N) is 5. The molecular formula is C9H19N5O. The average Bonchev–Trinajstić information content (AvgIpc) is 2.45. The van der Waals surface area contributed by atoms with Gasteiger partial charge in [0.25, 0.3) is 0 Å². The minimum absolute atomic E-state index is 0.235. The van der Waals surface area contributed by atoms with Crippen molar-refractivity contribution < 1.29 is 5.11 Å². The number of β-amino-alcohol motifs (C(OH)–C–C–N with tert-alkyl or cyclic N) is 1. The second kappa shape index (κ2) is 7.48. The van der Waals surface area contributed by atoms with E-state index in [1.54, 1.807) is 0 Å². The fourth-order valence-electron chi connectivity index (χ4n) is 1.84. The Hall–Kier alpha value is -0.810. The summed E-state index contributed by atoms with van der Waals surface area (Å²) < 4.78 is 0. The quantitative estimate of drug-likeness (QED) is 0.405. The van der Waals surface area contributed by atoms with Gasteiger partial charge in [0, 0.05) is 37.6 Å². The van der Waals surface area contributed by atoms with Crippen LogP contribution in [0.2, 0.25) is 0 Å². The van der Waals surface area contributed by atoms with Crippen molar-refractivity contribution in [3.63, 3.8) is 0 Å². The van der Waals surface area contributed by atoms with E-state index in [1.165, 1.54) is 0 Å². The molecule has 15 heavy (non-hydrogen) atoms. The molecule has 0 aromatic carbocycles. The van der Waals surface area contributed by atoms with Crippen molar-refractivity contribution in [1.82, 2.24) is 9.80 Å². The molecular weight excluding hydrogens is 194 g/mol. The molecule has 0 aromatic heterocycles. The van der Waals surface area contributed by atoms with Gasteiger partial charge in [0.2, 0.25) is 0 Å². The van der Waals surface area contributed by atoms with E-state index in [-0.39, 0.29) is 6.61 Å². The van der Waals surface area contributed by atoms with Crippen LogP contribution < -0.4 is 0 Å². The highest BCUT2D eigenvalue weighted by molar-refractivity contribution is 4.70. The number of hydrogen-bond donors (Lipinski definition) is 1. The van der Waals surface area contributed by atoms with Gasteiger partial charge < -0.3 is 10.0 Å². The minimum atomic E-state index is 0.235. The molecule has 0 atom stereocenters. The molecule has 1 fully saturated rings. The van der Waals surface area contributed by atoms with Gasteiger partial charge in [-0.3, -0.25) is 4.90 Å². The molecule has 0 bridgehead atoms. The maximum absolute atomic E-state index is 8.84. The molecule has 0 unspecified atom stereocenters. The first-order valence-corrected chi connectivity index (χ1v) is 5.43. The zero-order valence-electron chi connectivity index (χ0n) is 9.05. The molecule has 1 N–H and O–H groups in total. The SMILES string of the molecule is [N-]=[N+]=NCCN1CCCN(CCO)CC1. The van der Waals surface area contributed by atoms with Gasteiger partial charge in [-0.25, -0.2) is 0 Å². The van der Waals surface area contributed by atoms with Crippen LogP contribution in [0.1, 0.15) is 6.42 Å². The van der Waals surface area contributed by atoms with E-state index in [0.29, 0.717) is 6.54 Å². The van der Waals surface area contributed by atoms with Crippen molar-refractivity contribution in [3.05, 3.63) is 10.4 Å². The van der Waals surface area contributed by atoms with Crippen molar-refractivity contribution in [1.29, 1.82) is 0 Å². The van der Waals surface area contributed by atoms with Crippen LogP contribution in [0.25, 0.3) is 10.4 Å². The monoisotopic (exact) mass is 213 g/mol. The molecule has 1 aliphatic rings. The summed E-state index contributed by atoms with van der Waals surface area (Å²) in [6.45, 7) is 6.51. The summed E-state index contributed by atoms with van der Waals surface area (Å²) in [5, 5.41) is 12.4. The van der Waals surface area contributed by atoms with Crippen LogP contribution >= 0.6 is 0 Å². The Morgan fingerprint density at radius 2 is 1.80 bits per heavy atom. The zero-order valence-corrected chi connectivity index (χ0v) is 9.05. The predicted octanol–water partition coefficient (Wildman–Crippen LogP) is 0.297. The lowest BCUT2D eigenvalue weighted by Crippen LogP contribution is -2.33. The number of aliphatic hydroxyl groups excluding tert-OH is 1. The van der Waals surface area contributed by atoms with Crippen molar-refractivity contribution in [3.8, 4) is 0 Å². The summed E-state index contributed by atoms with van der Waals surface area (Å²) in [4.78, 5) is 7.33. The molecule has 6 heteroatoms. The average molecular weight is 213 g/mol. The molecule has 0 radical (unpaired) electrons. The molecule has 86 valence electrons. The van der Waals surface area contributed by atoms with E-state index < -0.39 is 0 Å². The molecule has 1 rings (SSSR count). The first-order valence-electron chi connectivity index (χ1n) is 5.43. The van der Waals surface area contributed by atoms with Gasteiger partial charge in [-0.1, -0.05) is 5.11 Å². The maximum Gasteiger partial charge on any atom is 0.0558 e. The number of azide groups is 1. The van der Waals surface area contributed by atoms with Crippen molar-refractivity contribution in [2.75, 3.05) is 52.4 Å². The van der Waals surface area contributed by atoms with Crippen LogP contribution in [-0.2, 0) is 0 Å². The lowest BCUT2D eigenvalue weighted by molar-refractivity contribution is 0.197. The van der Waals surface area contributed by atoms with Crippen molar-refractivity contribution in [2.24, 2.45) is 5.11 Å². The lowest BCUT2D eigenvalue weighted by atomic mass is 10.4. The second-order valence-electron chi connectivity index (χ2n) is 3.71. The summed E-state index contributed by atoms with van der Waals surface area (Å²) in [6, 6.07) is 0. The zero-order chi connectivity index (χ0) is 10.9. The Labute approximate surface area is 90.1 Å². The fraction of sp³-hybridized carbons (Fsp3) is 1.00. The Kier molecular flexibility index (Phi) is 6.11. The van der Waals surface area contributed by atoms with E-state index in [0.717, 1.165) is 45.7 Å². The van der Waals surface area contributed by atoms with Gasteiger partial charge in [-0.15, -0.1) is 0 Å². The smallest absolute Gasteiger partial charge is 0.0558 e. The van der Waals surface area contributed by atoms with Crippen LogP contribution in [0.5, 0.6) is 0 Å². The van der Waals surface area contributed by atoms with E-state index in [1.807, 2.05) is 0 Å². The molecule has 0 amide bonds. The van der Waals surface area contributed by atoms with E-state index >= 15 is 0 Å². The molecule has 0 aliphatic carbocycles. The van der Waals surface area contributed by atoms with Crippen molar-refractivity contribution >= 4 is 0 Å². The van der Waals surface area contributed by atoms with E-state index in [2.05, 4.69) is 19.8 Å². The van der Waals surface area contributed by atoms with Gasteiger partial charge in [0.15, 0.2) is 0 Å². The third-order valence-corrected chi connectivity index (χ3v) is 2.68. The van der Waals surface area contributed by atoms with Gasteiger partial charge in [-0.05, 0) is 25.0 Å².